The fourth-order valence-electron chi connectivity index (χ4n) is 7.85. The third-order valence-electron chi connectivity index (χ3n) is 10.7. The fraction of sp³-hybridized carbons (Fsp3) is 0. The van der Waals surface area contributed by atoms with Crippen LogP contribution < -0.4 is 0 Å². The van der Waals surface area contributed by atoms with Gasteiger partial charge in [-0.1, -0.05) is 152 Å². The maximum absolute atomic E-state index is 5.23. The van der Waals surface area contributed by atoms with E-state index in [1.165, 1.54) is 20.5 Å². The first-order valence-corrected chi connectivity index (χ1v) is 20.1. The number of para-hydroxylation sites is 3. The molecule has 5 nitrogen and oxygen atoms in total. The zero-order valence-electron chi connectivity index (χ0n) is 31.2. The van der Waals surface area contributed by atoms with Gasteiger partial charge in [-0.15, -0.1) is 11.3 Å². The van der Waals surface area contributed by atoms with Crippen LogP contribution in [-0.4, -0.2) is 24.5 Å². The molecule has 0 radical (unpaired) electrons. The largest absolute Gasteiger partial charge is 0.292 e. The van der Waals surface area contributed by atoms with Crippen molar-refractivity contribution in [2.45, 2.75) is 0 Å². The molecule has 272 valence electrons. The molecule has 58 heavy (non-hydrogen) atoms. The number of nitrogens with zero attached hydrogens (tertiary/aromatic N) is 5. The summed E-state index contributed by atoms with van der Waals surface area (Å²) in [5.41, 5.74) is 11.6. The molecule has 11 rings (SSSR count). The van der Waals surface area contributed by atoms with Crippen molar-refractivity contribution >= 4 is 42.5 Å². The molecule has 0 N–H and O–H groups in total. The number of hydrogen-bond donors (Lipinski definition) is 0. The summed E-state index contributed by atoms with van der Waals surface area (Å²) in [5.74, 6) is 2.78. The number of thiophene rings is 1. The molecule has 0 aliphatic heterocycles. The fourth-order valence-corrected chi connectivity index (χ4v) is 8.96. The van der Waals surface area contributed by atoms with Crippen LogP contribution in [0.4, 0.5) is 0 Å². The number of fused-ring (bicyclic) bond motifs is 4. The van der Waals surface area contributed by atoms with Gasteiger partial charge in [0.2, 0.25) is 0 Å². The van der Waals surface area contributed by atoms with Crippen LogP contribution in [0.2, 0.25) is 0 Å². The molecule has 0 aliphatic rings. The van der Waals surface area contributed by atoms with Crippen LogP contribution in [0.5, 0.6) is 0 Å². The van der Waals surface area contributed by atoms with Crippen molar-refractivity contribution in [1.29, 1.82) is 0 Å². The molecule has 6 heteroatoms. The third kappa shape index (κ3) is 6.04. The summed E-state index contributed by atoms with van der Waals surface area (Å²) in [6.45, 7) is 0. The Kier molecular flexibility index (Phi) is 8.26. The van der Waals surface area contributed by atoms with Gasteiger partial charge < -0.3 is 0 Å². The van der Waals surface area contributed by atoms with Crippen molar-refractivity contribution in [2.75, 3.05) is 0 Å². The molecule has 0 spiro atoms. The van der Waals surface area contributed by atoms with Crippen LogP contribution in [0.25, 0.3) is 105 Å². The van der Waals surface area contributed by atoms with Crippen LogP contribution >= 0.6 is 11.3 Å². The topological polar surface area (TPSA) is 56.5 Å². The predicted octanol–water partition coefficient (Wildman–Crippen LogP) is 13.6. The van der Waals surface area contributed by atoms with Crippen molar-refractivity contribution in [2.24, 2.45) is 0 Å². The van der Waals surface area contributed by atoms with Crippen molar-refractivity contribution < 1.29 is 0 Å². The molecule has 0 fully saturated rings. The Morgan fingerprint density at radius 3 is 1.52 bits per heavy atom. The normalized spacial score (nSPS) is 11.4. The standard InChI is InChI=1S/C52H33N5S/c1-4-13-34(14-5-1)36-23-27-38(28-24-36)49-54-50(39-29-25-37(26-30-39)35-15-6-2-7-16-35)56-51(55-49)42-19-12-22-47-48(42)43-33-40(31-32-46(43)58-47)52-53-44-20-10-11-21-45(44)57(52)41-17-8-3-9-18-41/h1-33H. The van der Waals surface area contributed by atoms with Gasteiger partial charge in [-0.2, -0.15) is 0 Å². The second-order valence-corrected chi connectivity index (χ2v) is 15.4. The summed E-state index contributed by atoms with van der Waals surface area (Å²) in [7, 11) is 0. The minimum atomic E-state index is 0.626. The maximum Gasteiger partial charge on any atom is 0.164 e. The zero-order chi connectivity index (χ0) is 38.4. The molecule has 0 atom stereocenters. The molecule has 0 bridgehead atoms. The van der Waals surface area contributed by atoms with E-state index in [0.29, 0.717) is 17.5 Å². The van der Waals surface area contributed by atoms with E-state index in [4.69, 9.17) is 19.9 Å². The van der Waals surface area contributed by atoms with E-state index in [1.807, 2.05) is 24.3 Å². The SMILES string of the molecule is c1ccc(-c2ccc(-c3nc(-c4ccc(-c5ccccc5)cc4)nc(-c4cccc5sc6ccc(-c7nc8ccccc8n7-c7ccccc7)cc6c45)n3)cc2)cc1. The Hall–Kier alpha value is -7.54. The average molecular weight is 760 g/mol. The minimum Gasteiger partial charge on any atom is -0.292 e. The lowest BCUT2D eigenvalue weighted by Crippen LogP contribution is -2.00. The van der Waals surface area contributed by atoms with Crippen LogP contribution in [0, 0.1) is 0 Å². The van der Waals surface area contributed by atoms with E-state index in [0.717, 1.165) is 66.7 Å². The van der Waals surface area contributed by atoms with Gasteiger partial charge in [0.25, 0.3) is 0 Å². The number of aromatic nitrogens is 5. The molecular formula is C52H33N5S. The lowest BCUT2D eigenvalue weighted by atomic mass is 10.0. The van der Waals surface area contributed by atoms with Gasteiger partial charge in [0, 0.05) is 48.1 Å². The molecule has 0 aliphatic carbocycles. The number of rotatable bonds is 7. The minimum absolute atomic E-state index is 0.626. The molecule has 0 saturated heterocycles. The predicted molar refractivity (Wildman–Crippen MR) is 240 cm³/mol. The van der Waals surface area contributed by atoms with Gasteiger partial charge in [-0.25, -0.2) is 19.9 Å². The first-order chi connectivity index (χ1) is 28.7. The summed E-state index contributed by atoms with van der Waals surface area (Å²) in [6, 6.07) is 69.7. The first-order valence-electron chi connectivity index (χ1n) is 19.3. The molecule has 0 saturated carbocycles. The van der Waals surface area contributed by atoms with Gasteiger partial charge in [0.1, 0.15) is 5.82 Å². The van der Waals surface area contributed by atoms with Gasteiger partial charge in [0.05, 0.1) is 11.0 Å². The Labute approximate surface area is 339 Å². The van der Waals surface area contributed by atoms with Crippen molar-refractivity contribution in [3.05, 3.63) is 200 Å². The maximum atomic E-state index is 5.23. The lowest BCUT2D eigenvalue weighted by molar-refractivity contribution is 1.08. The Bertz CT molecular complexity index is 3140. The Morgan fingerprint density at radius 2 is 0.879 bits per heavy atom. The first kappa shape index (κ1) is 33.8. The third-order valence-corrected chi connectivity index (χ3v) is 11.8. The number of imidazole rings is 1. The van der Waals surface area contributed by atoms with Gasteiger partial charge in [0.15, 0.2) is 17.5 Å². The van der Waals surface area contributed by atoms with Crippen LogP contribution in [0.15, 0.2) is 200 Å². The van der Waals surface area contributed by atoms with E-state index in [9.17, 15) is 0 Å². The van der Waals surface area contributed by atoms with Gasteiger partial charge in [-0.3, -0.25) is 4.57 Å². The quantitative estimate of drug-likeness (QED) is 0.162. The van der Waals surface area contributed by atoms with Crippen molar-refractivity contribution in [3.63, 3.8) is 0 Å². The van der Waals surface area contributed by atoms with Crippen LogP contribution in [0.3, 0.4) is 0 Å². The van der Waals surface area contributed by atoms with Crippen LogP contribution in [-0.2, 0) is 0 Å². The van der Waals surface area contributed by atoms with Crippen LogP contribution in [0.1, 0.15) is 0 Å². The van der Waals surface area contributed by atoms with E-state index >= 15 is 0 Å². The highest BCUT2D eigenvalue weighted by molar-refractivity contribution is 7.26. The zero-order valence-corrected chi connectivity index (χ0v) is 32.0. The highest BCUT2D eigenvalue weighted by Crippen LogP contribution is 2.42. The summed E-state index contributed by atoms with van der Waals surface area (Å²) >= 11 is 1.78. The van der Waals surface area contributed by atoms with Crippen molar-refractivity contribution in [1.82, 2.24) is 24.5 Å². The van der Waals surface area contributed by atoms with Crippen molar-refractivity contribution in [3.8, 4) is 73.5 Å². The summed E-state index contributed by atoms with van der Waals surface area (Å²) in [6.07, 6.45) is 0. The second-order valence-electron chi connectivity index (χ2n) is 14.3. The van der Waals surface area contributed by atoms with E-state index in [-0.39, 0.29) is 0 Å². The number of hydrogen-bond acceptors (Lipinski definition) is 5. The second kappa shape index (κ2) is 14.2. The molecule has 3 heterocycles. The van der Waals surface area contributed by atoms with E-state index in [1.54, 1.807) is 11.3 Å². The smallest absolute Gasteiger partial charge is 0.164 e. The van der Waals surface area contributed by atoms with Gasteiger partial charge in [-0.05, 0) is 70.8 Å². The summed E-state index contributed by atoms with van der Waals surface area (Å²) < 4.78 is 4.61. The monoisotopic (exact) mass is 759 g/mol. The molecule has 0 unspecified atom stereocenters. The lowest BCUT2D eigenvalue weighted by Gasteiger charge is -2.11. The Balaban J connectivity index is 1.08. The van der Waals surface area contributed by atoms with Gasteiger partial charge >= 0.3 is 0 Å². The molecule has 0 amide bonds. The molecule has 8 aromatic carbocycles. The summed E-state index contributed by atoms with van der Waals surface area (Å²) in [4.78, 5) is 20.8. The average Bonchev–Trinajstić information content (AvgIpc) is 3.89. The molecular weight excluding hydrogens is 727 g/mol. The van der Waals surface area contributed by atoms with E-state index in [2.05, 4.69) is 180 Å². The molecule has 11 aromatic rings. The summed E-state index contributed by atoms with van der Waals surface area (Å²) in [5, 5.41) is 2.26. The van der Waals surface area contributed by atoms with E-state index < -0.39 is 0 Å². The Morgan fingerprint density at radius 1 is 0.362 bits per heavy atom. The highest BCUT2D eigenvalue weighted by Gasteiger charge is 2.20. The number of benzene rings is 8. The highest BCUT2D eigenvalue weighted by atomic mass is 32.1. The molecule has 3 aromatic heterocycles.